The fraction of sp³-hybridized carbons (Fsp3) is 0.622. The molecule has 0 aromatic heterocycles. The van der Waals surface area contributed by atoms with Gasteiger partial charge in [0, 0.05) is 12.8 Å². The first-order chi connectivity index (χ1) is 25.6. The molecule has 0 aromatic rings. The Morgan fingerprint density at radius 2 is 1.06 bits per heavy atom. The lowest BCUT2D eigenvalue weighted by Crippen LogP contribution is -2.50. The van der Waals surface area contributed by atoms with E-state index in [2.05, 4.69) is 86.8 Å². The lowest BCUT2D eigenvalue weighted by Gasteiger charge is -2.31. The van der Waals surface area contributed by atoms with Gasteiger partial charge >= 0.3 is 17.9 Å². The smallest absolute Gasteiger partial charge is 0.362 e. The molecule has 0 aromatic carbocycles. The average molecular weight is 741 g/mol. The fourth-order valence-corrected chi connectivity index (χ4v) is 5.26. The average Bonchev–Trinajstić information content (AvgIpc) is 3.11. The predicted octanol–water partition coefficient (Wildman–Crippen LogP) is 10.6. The minimum atomic E-state index is -0.892. The Labute approximate surface area is 323 Å². The molecule has 53 heavy (non-hydrogen) atoms. The number of unbranched alkanes of at least 4 members (excludes halogenated alkanes) is 7. The van der Waals surface area contributed by atoms with Crippen molar-refractivity contribution in [2.45, 2.75) is 142 Å². The topological polar surface area (TPSA) is 99.1 Å². The Bertz CT molecular complexity index is 1140. The summed E-state index contributed by atoms with van der Waals surface area (Å²) in [4.78, 5) is 36.7. The Balaban J connectivity index is 4.42. The van der Waals surface area contributed by atoms with Gasteiger partial charge in [-0.1, -0.05) is 131 Å². The lowest BCUT2D eigenvalue weighted by atomic mass is 10.1. The second-order valence-electron chi connectivity index (χ2n) is 14.1. The van der Waals surface area contributed by atoms with Crippen LogP contribution in [-0.4, -0.2) is 80.6 Å². The van der Waals surface area contributed by atoms with Gasteiger partial charge in [0.25, 0.3) is 0 Å². The van der Waals surface area contributed by atoms with Gasteiger partial charge in [0.15, 0.2) is 12.1 Å². The molecule has 2 atom stereocenters. The molecule has 0 amide bonds. The number of allylic oxidation sites excluding steroid dienone is 13. The molecule has 0 fully saturated rings. The Morgan fingerprint density at radius 3 is 1.57 bits per heavy atom. The van der Waals surface area contributed by atoms with Crippen LogP contribution in [0.2, 0.25) is 0 Å². The zero-order chi connectivity index (χ0) is 39.3. The number of aliphatic carboxylic acids is 1. The molecule has 0 bridgehead atoms. The highest BCUT2D eigenvalue weighted by atomic mass is 16.6. The van der Waals surface area contributed by atoms with Crippen LogP contribution in [0.4, 0.5) is 0 Å². The van der Waals surface area contributed by atoms with Gasteiger partial charge in [-0.05, 0) is 64.2 Å². The number of likely N-dealkylation sites (N-methyl/N-ethyl adjacent to an activating group) is 1. The van der Waals surface area contributed by atoms with Crippen LogP contribution in [0.5, 0.6) is 0 Å². The summed E-state index contributed by atoms with van der Waals surface area (Å²) in [5, 5.41) is 9.58. The Hall–Kier alpha value is -3.49. The lowest BCUT2D eigenvalue weighted by molar-refractivity contribution is -0.887. The van der Waals surface area contributed by atoms with Gasteiger partial charge in [0.2, 0.25) is 0 Å². The van der Waals surface area contributed by atoms with Crippen LogP contribution >= 0.6 is 0 Å². The molecule has 0 radical (unpaired) electrons. The summed E-state index contributed by atoms with van der Waals surface area (Å²) in [7, 11) is 5.48. The monoisotopic (exact) mass is 741 g/mol. The molecule has 0 spiro atoms. The second kappa shape index (κ2) is 35.5. The number of carboxylic acids is 1. The van der Waals surface area contributed by atoms with Crippen molar-refractivity contribution < 1.29 is 38.2 Å². The number of hydrogen-bond acceptors (Lipinski definition) is 6. The van der Waals surface area contributed by atoms with Crippen LogP contribution in [-0.2, 0) is 28.6 Å². The molecular weight excluding hydrogens is 666 g/mol. The number of carboxylic acid groups (broad SMARTS) is 1. The van der Waals surface area contributed by atoms with Crippen molar-refractivity contribution in [3.63, 3.8) is 0 Å². The van der Waals surface area contributed by atoms with Crippen molar-refractivity contribution in [3.8, 4) is 0 Å². The quantitative estimate of drug-likeness (QED) is 0.0303. The predicted molar refractivity (Wildman–Crippen MR) is 220 cm³/mol. The molecule has 0 aliphatic rings. The van der Waals surface area contributed by atoms with Crippen LogP contribution in [0.25, 0.3) is 0 Å². The molecule has 0 saturated heterocycles. The van der Waals surface area contributed by atoms with E-state index in [4.69, 9.17) is 14.2 Å². The highest BCUT2D eigenvalue weighted by molar-refractivity contribution is 5.72. The largest absolute Gasteiger partial charge is 0.477 e. The SMILES string of the molecule is CC/C=C/C/C=C/C/C=C/C/C=C/CCCCCCCCCC(=O)OC(COCCC(C(=O)O)[N+](C)(C)C)COC(=O)C/C=C/C/C=C/C/C=C/CC. The standard InChI is InChI=1S/C45H73NO7/c1-6-8-10-12-14-16-17-18-19-20-21-22-23-24-25-26-28-30-32-34-36-44(48)53-41(39-51-38-37-42(45(49)50)46(3,4)5)40-52-43(47)35-33-31-29-27-15-13-11-9-7-2/h8-11,14-16,18-19,21-22,27,31,33,41-42H,6-7,12-13,17,20,23-26,28-30,32,34-40H2,1-5H3/p+1/b10-8+,11-9+,16-14+,19-18+,22-21+,27-15+,33-31+. The first-order valence-electron chi connectivity index (χ1n) is 20.1. The first-order valence-corrected chi connectivity index (χ1v) is 20.1. The van der Waals surface area contributed by atoms with Crippen LogP contribution in [0.1, 0.15) is 129 Å². The molecule has 0 aliphatic carbocycles. The minimum Gasteiger partial charge on any atom is -0.477 e. The van der Waals surface area contributed by atoms with E-state index in [9.17, 15) is 19.5 Å². The van der Waals surface area contributed by atoms with Crippen molar-refractivity contribution in [2.24, 2.45) is 0 Å². The van der Waals surface area contributed by atoms with Crippen LogP contribution < -0.4 is 0 Å². The molecule has 300 valence electrons. The van der Waals surface area contributed by atoms with E-state index < -0.39 is 24.1 Å². The summed E-state index contributed by atoms with van der Waals surface area (Å²) >= 11 is 0. The van der Waals surface area contributed by atoms with E-state index in [-0.39, 0.29) is 36.7 Å². The van der Waals surface area contributed by atoms with E-state index in [1.165, 1.54) is 19.3 Å². The van der Waals surface area contributed by atoms with Gasteiger partial charge in [-0.2, -0.15) is 0 Å². The van der Waals surface area contributed by atoms with Gasteiger partial charge in [0.1, 0.15) is 6.61 Å². The number of rotatable bonds is 34. The normalized spacial score (nSPS) is 13.9. The first kappa shape index (κ1) is 49.5. The number of hydrogen-bond donors (Lipinski definition) is 1. The number of quaternary nitrogens is 1. The molecule has 8 heteroatoms. The van der Waals surface area contributed by atoms with Crippen molar-refractivity contribution in [2.75, 3.05) is 41.0 Å². The zero-order valence-electron chi connectivity index (χ0n) is 33.9. The summed E-state index contributed by atoms with van der Waals surface area (Å²) in [6, 6.07) is -0.631. The van der Waals surface area contributed by atoms with Crippen molar-refractivity contribution in [3.05, 3.63) is 85.1 Å². The highest BCUT2D eigenvalue weighted by Gasteiger charge is 2.31. The second-order valence-corrected chi connectivity index (χ2v) is 14.1. The van der Waals surface area contributed by atoms with Crippen molar-refractivity contribution >= 4 is 17.9 Å². The summed E-state index contributed by atoms with van der Waals surface area (Å²) in [5.41, 5.74) is 0. The zero-order valence-corrected chi connectivity index (χ0v) is 33.9. The molecule has 1 N–H and O–H groups in total. The number of carbonyl (C=O) groups excluding carboxylic acids is 2. The molecule has 0 rings (SSSR count). The maximum atomic E-state index is 12.7. The Morgan fingerprint density at radius 1 is 0.585 bits per heavy atom. The third-order valence-electron chi connectivity index (χ3n) is 8.32. The summed E-state index contributed by atoms with van der Waals surface area (Å²) in [6.45, 7) is 4.35. The highest BCUT2D eigenvalue weighted by Crippen LogP contribution is 2.12. The van der Waals surface area contributed by atoms with E-state index >= 15 is 0 Å². The van der Waals surface area contributed by atoms with Gasteiger partial charge in [-0.15, -0.1) is 0 Å². The maximum absolute atomic E-state index is 12.7. The van der Waals surface area contributed by atoms with E-state index in [0.717, 1.165) is 77.0 Å². The number of esters is 2. The number of carbonyl (C=O) groups is 3. The fourth-order valence-electron chi connectivity index (χ4n) is 5.26. The van der Waals surface area contributed by atoms with Crippen molar-refractivity contribution in [1.82, 2.24) is 0 Å². The summed E-state index contributed by atoms with van der Waals surface area (Å²) < 4.78 is 17.1. The van der Waals surface area contributed by atoms with Gasteiger partial charge in [-0.3, -0.25) is 9.59 Å². The molecular formula is C45H74NO7+. The van der Waals surface area contributed by atoms with Gasteiger partial charge in [0.05, 0.1) is 40.8 Å². The minimum absolute atomic E-state index is 0.0243. The summed E-state index contributed by atoms with van der Waals surface area (Å²) in [6.07, 6.45) is 45.3. The summed E-state index contributed by atoms with van der Waals surface area (Å²) in [5.74, 6) is -1.65. The van der Waals surface area contributed by atoms with Gasteiger partial charge < -0.3 is 23.8 Å². The molecule has 0 saturated carbocycles. The molecule has 0 heterocycles. The van der Waals surface area contributed by atoms with Crippen molar-refractivity contribution in [1.29, 1.82) is 0 Å². The Kier molecular flexibility index (Phi) is 33.2. The molecule has 2 unspecified atom stereocenters. The third-order valence-corrected chi connectivity index (χ3v) is 8.32. The molecule has 8 nitrogen and oxygen atoms in total. The molecule has 0 aliphatic heterocycles. The van der Waals surface area contributed by atoms with E-state index in [0.29, 0.717) is 12.8 Å². The van der Waals surface area contributed by atoms with Crippen LogP contribution in [0, 0.1) is 0 Å². The number of nitrogens with zero attached hydrogens (tertiary/aromatic N) is 1. The van der Waals surface area contributed by atoms with Crippen LogP contribution in [0.3, 0.4) is 0 Å². The van der Waals surface area contributed by atoms with E-state index in [1.807, 2.05) is 27.2 Å². The maximum Gasteiger partial charge on any atom is 0.362 e. The number of ether oxygens (including phenoxy) is 3. The van der Waals surface area contributed by atoms with E-state index in [1.54, 1.807) is 6.08 Å². The van der Waals surface area contributed by atoms with Crippen LogP contribution in [0.15, 0.2) is 85.1 Å². The third kappa shape index (κ3) is 34.1. The van der Waals surface area contributed by atoms with Gasteiger partial charge in [-0.25, -0.2) is 4.79 Å².